The van der Waals surface area contributed by atoms with Crippen LogP contribution in [0.2, 0.25) is 5.02 Å². The molecule has 0 saturated heterocycles. The lowest BCUT2D eigenvalue weighted by molar-refractivity contribution is -0.118. The number of benzene rings is 1. The first-order chi connectivity index (χ1) is 11.5. The van der Waals surface area contributed by atoms with Gasteiger partial charge >= 0.3 is 0 Å². The summed E-state index contributed by atoms with van der Waals surface area (Å²) in [6.07, 6.45) is 0.265. The lowest BCUT2D eigenvalue weighted by atomic mass is 10.2. The molecule has 128 valence electrons. The Hall–Kier alpha value is -1.83. The first-order valence-corrected chi connectivity index (χ1v) is 8.70. The van der Waals surface area contributed by atoms with E-state index in [9.17, 15) is 9.59 Å². The van der Waals surface area contributed by atoms with Crippen molar-refractivity contribution in [1.82, 2.24) is 15.3 Å². The van der Waals surface area contributed by atoms with Crippen LogP contribution in [0.25, 0.3) is 0 Å². The van der Waals surface area contributed by atoms with Gasteiger partial charge in [-0.25, -0.2) is 4.98 Å². The van der Waals surface area contributed by atoms with Crippen molar-refractivity contribution in [3.8, 4) is 0 Å². The molecular weight excluding hydrogens is 350 g/mol. The summed E-state index contributed by atoms with van der Waals surface area (Å²) in [6, 6.07) is 7.22. The van der Waals surface area contributed by atoms with Crippen LogP contribution in [0, 0.1) is 6.92 Å². The Morgan fingerprint density at radius 2 is 2.08 bits per heavy atom. The molecule has 0 fully saturated rings. The quantitative estimate of drug-likeness (QED) is 0.511. The molecule has 0 saturated carbocycles. The van der Waals surface area contributed by atoms with Crippen molar-refractivity contribution in [3.63, 3.8) is 0 Å². The number of hydrogen-bond acceptors (Lipinski definition) is 5. The van der Waals surface area contributed by atoms with E-state index >= 15 is 0 Å². The minimum Gasteiger partial charge on any atom is -0.396 e. The van der Waals surface area contributed by atoms with Gasteiger partial charge in [-0.05, 0) is 24.6 Å². The van der Waals surface area contributed by atoms with Gasteiger partial charge in [0.05, 0.1) is 5.75 Å². The number of carbonyl (C=O) groups is 1. The highest BCUT2D eigenvalue weighted by atomic mass is 35.5. The molecule has 0 aliphatic heterocycles. The van der Waals surface area contributed by atoms with Crippen LogP contribution in [0.15, 0.2) is 34.2 Å². The van der Waals surface area contributed by atoms with Crippen LogP contribution in [-0.2, 0) is 17.8 Å². The van der Waals surface area contributed by atoms with Gasteiger partial charge in [-0.3, -0.25) is 9.59 Å². The number of aliphatic hydroxyl groups is 1. The Morgan fingerprint density at radius 3 is 2.71 bits per heavy atom. The SMILES string of the molecule is Cc1nc(SCC(=O)NCc2ccc(Cl)cc2)[nH]c(=O)c1CCO. The Labute approximate surface area is 148 Å². The summed E-state index contributed by atoms with van der Waals surface area (Å²) in [4.78, 5) is 30.7. The van der Waals surface area contributed by atoms with Crippen molar-refractivity contribution in [2.45, 2.75) is 25.0 Å². The third-order valence-electron chi connectivity index (χ3n) is 3.31. The maximum absolute atomic E-state index is 11.9. The summed E-state index contributed by atoms with van der Waals surface area (Å²) in [7, 11) is 0. The number of carbonyl (C=O) groups excluding carboxylic acids is 1. The molecule has 1 amide bonds. The van der Waals surface area contributed by atoms with Gasteiger partial charge in [0, 0.05) is 35.9 Å². The van der Waals surface area contributed by atoms with Gasteiger partial charge in [0.25, 0.3) is 5.56 Å². The van der Waals surface area contributed by atoms with Gasteiger partial charge in [-0.1, -0.05) is 35.5 Å². The zero-order chi connectivity index (χ0) is 17.5. The molecule has 6 nitrogen and oxygen atoms in total. The number of hydrogen-bond donors (Lipinski definition) is 3. The molecule has 1 heterocycles. The van der Waals surface area contributed by atoms with Crippen molar-refractivity contribution in [1.29, 1.82) is 0 Å². The number of aryl methyl sites for hydroxylation is 1. The minimum absolute atomic E-state index is 0.106. The van der Waals surface area contributed by atoms with Crippen LogP contribution < -0.4 is 10.9 Å². The Balaban J connectivity index is 1.87. The largest absolute Gasteiger partial charge is 0.396 e. The van der Waals surface area contributed by atoms with Gasteiger partial charge in [0.2, 0.25) is 5.91 Å². The number of aromatic nitrogens is 2. The minimum atomic E-state index is -0.277. The molecule has 0 spiro atoms. The Morgan fingerprint density at radius 1 is 1.38 bits per heavy atom. The summed E-state index contributed by atoms with van der Waals surface area (Å²) in [5, 5.41) is 12.8. The number of amides is 1. The van der Waals surface area contributed by atoms with Crippen LogP contribution >= 0.6 is 23.4 Å². The van der Waals surface area contributed by atoms with E-state index in [0.717, 1.165) is 17.3 Å². The fraction of sp³-hybridized carbons (Fsp3) is 0.312. The molecule has 0 aliphatic rings. The molecule has 0 radical (unpaired) electrons. The predicted molar refractivity (Wildman–Crippen MR) is 94.4 cm³/mol. The monoisotopic (exact) mass is 367 g/mol. The maximum atomic E-state index is 11.9. The zero-order valence-electron chi connectivity index (χ0n) is 13.1. The zero-order valence-corrected chi connectivity index (χ0v) is 14.7. The summed E-state index contributed by atoms with van der Waals surface area (Å²) < 4.78 is 0. The van der Waals surface area contributed by atoms with Crippen LogP contribution in [0.4, 0.5) is 0 Å². The topological polar surface area (TPSA) is 95.1 Å². The number of thioether (sulfide) groups is 1. The fourth-order valence-electron chi connectivity index (χ4n) is 2.05. The number of aromatic amines is 1. The van der Waals surface area contributed by atoms with Crippen molar-refractivity contribution in [2.75, 3.05) is 12.4 Å². The van der Waals surface area contributed by atoms with Gasteiger partial charge in [0.15, 0.2) is 5.16 Å². The number of nitrogens with one attached hydrogen (secondary N) is 2. The summed E-state index contributed by atoms with van der Waals surface area (Å²) in [5.41, 5.74) is 1.71. The van der Waals surface area contributed by atoms with Crippen molar-refractivity contribution in [3.05, 3.63) is 56.5 Å². The molecule has 3 N–H and O–H groups in total. The summed E-state index contributed by atoms with van der Waals surface area (Å²) >= 11 is 6.97. The average Bonchev–Trinajstić information content (AvgIpc) is 2.56. The number of halogens is 1. The average molecular weight is 368 g/mol. The summed E-state index contributed by atoms with van der Waals surface area (Å²) in [5.74, 6) is -0.00957. The number of rotatable bonds is 7. The summed E-state index contributed by atoms with van der Waals surface area (Å²) in [6.45, 7) is 2.02. The molecular formula is C16H18ClN3O3S. The maximum Gasteiger partial charge on any atom is 0.255 e. The number of aliphatic hydroxyl groups excluding tert-OH is 1. The van der Waals surface area contributed by atoms with Gasteiger partial charge < -0.3 is 15.4 Å². The molecule has 0 unspecified atom stereocenters. The van der Waals surface area contributed by atoms with Gasteiger partial charge in [-0.2, -0.15) is 0 Å². The van der Waals surface area contributed by atoms with Crippen LogP contribution in [0.3, 0.4) is 0 Å². The lowest BCUT2D eigenvalue weighted by Crippen LogP contribution is -2.25. The van der Waals surface area contributed by atoms with Gasteiger partial charge in [0.1, 0.15) is 0 Å². The standard InChI is InChI=1S/C16H18ClN3O3S/c1-10-13(6-7-21)15(23)20-16(19-10)24-9-14(22)18-8-11-2-4-12(17)5-3-11/h2-5,21H,6-9H2,1H3,(H,18,22)(H,19,20,23). The van der Waals surface area contributed by atoms with Crippen LogP contribution in [-0.4, -0.2) is 33.3 Å². The van der Waals surface area contributed by atoms with E-state index in [4.69, 9.17) is 16.7 Å². The second-order valence-corrected chi connectivity index (χ2v) is 6.50. The highest BCUT2D eigenvalue weighted by Gasteiger charge is 2.10. The third kappa shape index (κ3) is 5.36. The van der Waals surface area contributed by atoms with E-state index in [1.54, 1.807) is 19.1 Å². The van der Waals surface area contributed by atoms with Crippen molar-refractivity contribution >= 4 is 29.3 Å². The first-order valence-electron chi connectivity index (χ1n) is 7.34. The van der Waals surface area contributed by atoms with Crippen LogP contribution in [0.1, 0.15) is 16.8 Å². The number of H-pyrrole nitrogens is 1. The molecule has 1 aromatic carbocycles. The second kappa shape index (κ2) is 8.86. The van der Waals surface area contributed by atoms with E-state index in [0.29, 0.717) is 28.0 Å². The second-order valence-electron chi connectivity index (χ2n) is 5.10. The van der Waals surface area contributed by atoms with E-state index in [2.05, 4.69) is 15.3 Å². The first kappa shape index (κ1) is 18.5. The highest BCUT2D eigenvalue weighted by molar-refractivity contribution is 7.99. The van der Waals surface area contributed by atoms with Crippen LogP contribution in [0.5, 0.6) is 0 Å². The molecule has 0 bridgehead atoms. The molecule has 0 atom stereocenters. The Kier molecular flexibility index (Phi) is 6.84. The smallest absolute Gasteiger partial charge is 0.255 e. The lowest BCUT2D eigenvalue weighted by Gasteiger charge is -2.07. The molecule has 2 rings (SSSR count). The van der Waals surface area contributed by atoms with Gasteiger partial charge in [-0.15, -0.1) is 0 Å². The molecule has 8 heteroatoms. The van der Waals surface area contributed by atoms with Crippen molar-refractivity contribution < 1.29 is 9.90 Å². The molecule has 1 aromatic heterocycles. The molecule has 24 heavy (non-hydrogen) atoms. The van der Waals surface area contributed by atoms with E-state index < -0.39 is 0 Å². The van der Waals surface area contributed by atoms with Crippen molar-refractivity contribution in [2.24, 2.45) is 0 Å². The highest BCUT2D eigenvalue weighted by Crippen LogP contribution is 2.13. The fourth-order valence-corrected chi connectivity index (χ4v) is 2.91. The van der Waals surface area contributed by atoms with E-state index in [-0.39, 0.29) is 30.2 Å². The van der Waals surface area contributed by atoms with E-state index in [1.807, 2.05) is 12.1 Å². The predicted octanol–water partition coefficient (Wildman–Crippen LogP) is 1.68. The Bertz CT molecular complexity index is 762. The number of nitrogens with zero attached hydrogens (tertiary/aromatic N) is 1. The molecule has 0 aliphatic carbocycles. The van der Waals surface area contributed by atoms with E-state index in [1.165, 1.54) is 0 Å². The third-order valence-corrected chi connectivity index (χ3v) is 4.43. The normalized spacial score (nSPS) is 10.6. The molecule has 2 aromatic rings.